The lowest BCUT2D eigenvalue weighted by Crippen LogP contribution is -2.35. The van der Waals surface area contributed by atoms with Crippen molar-refractivity contribution in [2.75, 3.05) is 5.73 Å². The number of aromatic nitrogens is 3. The minimum absolute atomic E-state index is 0.0849. The van der Waals surface area contributed by atoms with E-state index in [4.69, 9.17) is 5.73 Å². The average Bonchev–Trinajstić information content (AvgIpc) is 2.30. The summed E-state index contributed by atoms with van der Waals surface area (Å²) in [6.45, 7) is 6.93. The molecule has 0 atom stereocenters. The van der Waals surface area contributed by atoms with Crippen LogP contribution in [0.5, 0.6) is 0 Å². The van der Waals surface area contributed by atoms with Gasteiger partial charge in [0.25, 0.3) is 0 Å². The van der Waals surface area contributed by atoms with Crippen molar-refractivity contribution in [1.29, 1.82) is 0 Å². The molecule has 1 aromatic rings. The number of H-pyrrole nitrogens is 1. The molecule has 0 spiro atoms. The molecule has 0 aliphatic carbocycles. The first kappa shape index (κ1) is 8.99. The minimum atomic E-state index is 0.0849. The number of aromatic amines is 1. The fourth-order valence-corrected chi connectivity index (χ4v) is 0.738. The average molecular weight is 169 g/mol. The highest BCUT2D eigenvalue weighted by Crippen LogP contribution is 2.00. The van der Waals surface area contributed by atoms with Crippen LogP contribution >= 0.6 is 0 Å². The lowest BCUT2D eigenvalue weighted by Gasteiger charge is -2.19. The molecule has 0 aliphatic heterocycles. The number of nitrogens with one attached hydrogen (secondary N) is 2. The number of nitrogen functional groups attached to an aromatic ring is 1. The maximum Gasteiger partial charge on any atom is 0.239 e. The summed E-state index contributed by atoms with van der Waals surface area (Å²) in [4.78, 5) is 3.96. The second-order valence-corrected chi connectivity index (χ2v) is 3.74. The summed E-state index contributed by atoms with van der Waals surface area (Å²) < 4.78 is 0. The molecule has 0 bridgehead atoms. The van der Waals surface area contributed by atoms with Crippen LogP contribution in [0.4, 0.5) is 5.95 Å². The Labute approximate surface area is 71.8 Å². The van der Waals surface area contributed by atoms with Crippen molar-refractivity contribution in [2.24, 2.45) is 0 Å². The molecule has 0 saturated carbocycles. The number of rotatable bonds is 2. The van der Waals surface area contributed by atoms with Gasteiger partial charge in [-0.2, -0.15) is 4.98 Å². The number of hydrogen-bond donors (Lipinski definition) is 3. The van der Waals surface area contributed by atoms with Gasteiger partial charge in [0.1, 0.15) is 5.82 Å². The standard InChI is InChI=1S/C7H15N5/c1-7(2,3)9-4-5-10-6(8)12-11-5/h9H,4H2,1-3H3,(H3,8,10,11,12). The Morgan fingerprint density at radius 1 is 1.50 bits per heavy atom. The summed E-state index contributed by atoms with van der Waals surface area (Å²) in [5.41, 5.74) is 5.42. The third kappa shape index (κ3) is 2.87. The maximum absolute atomic E-state index is 5.34. The first-order valence-electron chi connectivity index (χ1n) is 3.89. The SMILES string of the molecule is CC(C)(C)NCc1nc(N)n[nH]1. The van der Waals surface area contributed by atoms with E-state index in [1.807, 2.05) is 0 Å². The van der Waals surface area contributed by atoms with E-state index in [2.05, 4.69) is 41.3 Å². The largest absolute Gasteiger partial charge is 0.367 e. The summed E-state index contributed by atoms with van der Waals surface area (Å²) >= 11 is 0. The Kier molecular flexibility index (Phi) is 2.32. The topological polar surface area (TPSA) is 79.6 Å². The van der Waals surface area contributed by atoms with E-state index in [0.717, 1.165) is 5.82 Å². The van der Waals surface area contributed by atoms with E-state index in [0.29, 0.717) is 12.5 Å². The van der Waals surface area contributed by atoms with Crippen molar-refractivity contribution in [3.8, 4) is 0 Å². The summed E-state index contributed by atoms with van der Waals surface area (Å²) in [6, 6.07) is 0. The van der Waals surface area contributed by atoms with E-state index in [1.165, 1.54) is 0 Å². The molecular formula is C7H15N5. The van der Waals surface area contributed by atoms with Crippen LogP contribution in [0.25, 0.3) is 0 Å². The van der Waals surface area contributed by atoms with Crippen LogP contribution in [0.15, 0.2) is 0 Å². The molecule has 5 heteroatoms. The highest BCUT2D eigenvalue weighted by atomic mass is 15.3. The quantitative estimate of drug-likeness (QED) is 0.594. The van der Waals surface area contributed by atoms with Gasteiger partial charge in [-0.15, -0.1) is 5.10 Å². The van der Waals surface area contributed by atoms with E-state index in [1.54, 1.807) is 0 Å². The van der Waals surface area contributed by atoms with Crippen LogP contribution < -0.4 is 11.1 Å². The van der Waals surface area contributed by atoms with Crippen LogP contribution in [0.1, 0.15) is 26.6 Å². The normalized spacial score (nSPS) is 11.9. The van der Waals surface area contributed by atoms with Crippen LogP contribution in [-0.2, 0) is 6.54 Å². The molecule has 0 amide bonds. The van der Waals surface area contributed by atoms with Crippen molar-refractivity contribution in [2.45, 2.75) is 32.9 Å². The van der Waals surface area contributed by atoms with Crippen molar-refractivity contribution in [1.82, 2.24) is 20.5 Å². The summed E-state index contributed by atoms with van der Waals surface area (Å²) in [7, 11) is 0. The van der Waals surface area contributed by atoms with Gasteiger partial charge in [-0.25, -0.2) is 0 Å². The number of anilines is 1. The number of nitrogens with two attached hydrogens (primary N) is 1. The molecular weight excluding hydrogens is 154 g/mol. The Bertz CT molecular complexity index is 247. The van der Waals surface area contributed by atoms with Crippen molar-refractivity contribution in [3.63, 3.8) is 0 Å². The van der Waals surface area contributed by atoms with Gasteiger partial charge < -0.3 is 11.1 Å². The molecule has 0 saturated heterocycles. The van der Waals surface area contributed by atoms with Crippen LogP contribution in [0, 0.1) is 0 Å². The molecule has 0 radical (unpaired) electrons. The highest BCUT2D eigenvalue weighted by molar-refractivity contribution is 5.12. The third-order valence-corrected chi connectivity index (χ3v) is 1.34. The van der Waals surface area contributed by atoms with Gasteiger partial charge in [-0.3, -0.25) is 5.10 Å². The van der Waals surface area contributed by atoms with E-state index >= 15 is 0 Å². The van der Waals surface area contributed by atoms with Gasteiger partial charge in [0.15, 0.2) is 0 Å². The lowest BCUT2D eigenvalue weighted by molar-refractivity contribution is 0.418. The van der Waals surface area contributed by atoms with Gasteiger partial charge in [-0.1, -0.05) is 0 Å². The zero-order chi connectivity index (χ0) is 9.19. The monoisotopic (exact) mass is 169 g/mol. The molecule has 1 heterocycles. The molecule has 1 aromatic heterocycles. The molecule has 0 unspecified atom stereocenters. The van der Waals surface area contributed by atoms with Crippen molar-refractivity contribution >= 4 is 5.95 Å². The molecule has 1 rings (SSSR count). The van der Waals surface area contributed by atoms with Gasteiger partial charge >= 0.3 is 0 Å². The Morgan fingerprint density at radius 2 is 2.17 bits per heavy atom. The zero-order valence-corrected chi connectivity index (χ0v) is 7.68. The maximum atomic E-state index is 5.34. The predicted octanol–water partition coefficient (Wildman–Crippen LogP) is 0.275. The Balaban J connectivity index is 2.44. The van der Waals surface area contributed by atoms with E-state index in [-0.39, 0.29) is 5.54 Å². The van der Waals surface area contributed by atoms with Crippen molar-refractivity contribution in [3.05, 3.63) is 5.82 Å². The van der Waals surface area contributed by atoms with Crippen LogP contribution in [0.3, 0.4) is 0 Å². The smallest absolute Gasteiger partial charge is 0.239 e. The van der Waals surface area contributed by atoms with Crippen LogP contribution in [0.2, 0.25) is 0 Å². The molecule has 0 aliphatic rings. The highest BCUT2D eigenvalue weighted by Gasteiger charge is 2.09. The predicted molar refractivity (Wildman–Crippen MR) is 47.4 cm³/mol. The van der Waals surface area contributed by atoms with E-state index < -0.39 is 0 Å². The fraction of sp³-hybridized carbons (Fsp3) is 0.714. The second kappa shape index (κ2) is 3.10. The first-order chi connectivity index (χ1) is 5.47. The van der Waals surface area contributed by atoms with Crippen LogP contribution in [-0.4, -0.2) is 20.7 Å². The first-order valence-corrected chi connectivity index (χ1v) is 3.89. The minimum Gasteiger partial charge on any atom is -0.367 e. The molecule has 68 valence electrons. The summed E-state index contributed by atoms with van der Waals surface area (Å²) in [5, 5.41) is 9.71. The lowest BCUT2D eigenvalue weighted by atomic mass is 10.1. The number of hydrogen-bond acceptors (Lipinski definition) is 4. The molecule has 4 N–H and O–H groups in total. The number of nitrogens with zero attached hydrogens (tertiary/aromatic N) is 2. The second-order valence-electron chi connectivity index (χ2n) is 3.74. The summed E-state index contributed by atoms with van der Waals surface area (Å²) in [6.07, 6.45) is 0. The Morgan fingerprint density at radius 3 is 2.58 bits per heavy atom. The molecule has 5 nitrogen and oxygen atoms in total. The van der Waals surface area contributed by atoms with Gasteiger partial charge in [0, 0.05) is 5.54 Å². The third-order valence-electron chi connectivity index (χ3n) is 1.34. The van der Waals surface area contributed by atoms with Gasteiger partial charge in [-0.05, 0) is 20.8 Å². The molecule has 12 heavy (non-hydrogen) atoms. The Hall–Kier alpha value is -1.10. The van der Waals surface area contributed by atoms with Gasteiger partial charge in [0.2, 0.25) is 5.95 Å². The van der Waals surface area contributed by atoms with Gasteiger partial charge in [0.05, 0.1) is 6.54 Å². The molecule has 0 fully saturated rings. The zero-order valence-electron chi connectivity index (χ0n) is 7.68. The molecule has 0 aromatic carbocycles. The van der Waals surface area contributed by atoms with Crippen molar-refractivity contribution < 1.29 is 0 Å². The van der Waals surface area contributed by atoms with E-state index in [9.17, 15) is 0 Å². The fourth-order valence-electron chi connectivity index (χ4n) is 0.738. The summed E-state index contributed by atoms with van der Waals surface area (Å²) in [5.74, 6) is 1.06.